The molecule has 0 spiro atoms. The van der Waals surface area contributed by atoms with Gasteiger partial charge in [-0.3, -0.25) is 19.4 Å². The molecule has 0 saturated heterocycles. The van der Waals surface area contributed by atoms with Crippen molar-refractivity contribution in [2.75, 3.05) is 33.4 Å². The summed E-state index contributed by atoms with van der Waals surface area (Å²) in [6.45, 7) is 3.56. The van der Waals surface area contributed by atoms with Crippen LogP contribution in [0, 0.1) is 0 Å². The van der Waals surface area contributed by atoms with Gasteiger partial charge in [0.25, 0.3) is 0 Å². The highest BCUT2D eigenvalue weighted by Crippen LogP contribution is 2.10. The molecule has 0 aromatic carbocycles. The topological polar surface area (TPSA) is 152 Å². The maximum Gasteiger partial charge on any atom is 0.320 e. The number of esters is 2. The Balaban J connectivity index is 3.78. The SMILES string of the molecule is CCCCCCCCCCCCOC(=O)CCNC(CCCN=C(N)NCCC(=O)OC)C(=O)O. The van der Waals surface area contributed by atoms with E-state index in [9.17, 15) is 19.5 Å². The minimum atomic E-state index is -0.975. The van der Waals surface area contributed by atoms with Gasteiger partial charge in [0.05, 0.1) is 26.6 Å². The lowest BCUT2D eigenvalue weighted by Crippen LogP contribution is -2.38. The van der Waals surface area contributed by atoms with Crippen molar-refractivity contribution in [1.29, 1.82) is 0 Å². The molecule has 0 aromatic rings. The van der Waals surface area contributed by atoms with Gasteiger partial charge in [0.15, 0.2) is 5.96 Å². The smallest absolute Gasteiger partial charge is 0.320 e. The number of aliphatic imine (C=N–C) groups is 1. The number of aliphatic carboxylic acids is 1. The van der Waals surface area contributed by atoms with Gasteiger partial charge in [-0.05, 0) is 19.3 Å². The van der Waals surface area contributed by atoms with Crippen molar-refractivity contribution < 1.29 is 29.0 Å². The Morgan fingerprint density at radius 3 is 2.09 bits per heavy atom. The summed E-state index contributed by atoms with van der Waals surface area (Å²) in [5.41, 5.74) is 5.70. The zero-order valence-corrected chi connectivity index (χ0v) is 21.8. The fourth-order valence-electron chi connectivity index (χ4n) is 3.45. The molecular formula is C25H48N4O6. The highest BCUT2D eigenvalue weighted by atomic mass is 16.5. The van der Waals surface area contributed by atoms with E-state index in [1.807, 2.05) is 0 Å². The number of carboxylic acids is 1. The van der Waals surface area contributed by atoms with Crippen molar-refractivity contribution in [3.05, 3.63) is 0 Å². The molecule has 1 atom stereocenters. The molecule has 5 N–H and O–H groups in total. The number of ether oxygens (including phenoxy) is 2. The van der Waals surface area contributed by atoms with Crippen molar-refractivity contribution in [3.8, 4) is 0 Å². The molecule has 10 nitrogen and oxygen atoms in total. The molecule has 0 saturated carbocycles. The van der Waals surface area contributed by atoms with Crippen molar-refractivity contribution in [3.63, 3.8) is 0 Å². The highest BCUT2D eigenvalue weighted by molar-refractivity contribution is 5.78. The fraction of sp³-hybridized carbons (Fsp3) is 0.840. The standard InChI is InChI=1S/C25H48N4O6/c1-3-4-5-6-7-8-9-10-11-12-20-35-23(31)16-18-27-21(24(32)33)14-13-17-28-25(26)29-19-15-22(30)34-2/h21,27H,3-20H2,1-2H3,(H,32,33)(H3,26,28,29). The van der Waals surface area contributed by atoms with Crippen molar-refractivity contribution >= 4 is 23.9 Å². The van der Waals surface area contributed by atoms with Crippen LogP contribution in [0.15, 0.2) is 4.99 Å². The third kappa shape index (κ3) is 21.9. The predicted molar refractivity (Wildman–Crippen MR) is 137 cm³/mol. The molecule has 0 aliphatic carbocycles. The molecule has 0 fully saturated rings. The van der Waals surface area contributed by atoms with Gasteiger partial charge in [-0.1, -0.05) is 64.7 Å². The van der Waals surface area contributed by atoms with Crippen molar-refractivity contribution in [1.82, 2.24) is 10.6 Å². The van der Waals surface area contributed by atoms with Crippen LogP contribution in [0.4, 0.5) is 0 Å². The van der Waals surface area contributed by atoms with E-state index < -0.39 is 12.0 Å². The van der Waals surface area contributed by atoms with Gasteiger partial charge in [0, 0.05) is 19.6 Å². The third-order valence-corrected chi connectivity index (χ3v) is 5.57. The van der Waals surface area contributed by atoms with E-state index in [0.29, 0.717) is 32.5 Å². The van der Waals surface area contributed by atoms with Gasteiger partial charge in [-0.2, -0.15) is 0 Å². The molecule has 0 heterocycles. The lowest BCUT2D eigenvalue weighted by atomic mass is 10.1. The van der Waals surface area contributed by atoms with Gasteiger partial charge < -0.3 is 30.9 Å². The number of hydrogen-bond donors (Lipinski definition) is 4. The molecule has 0 rings (SSSR count). The van der Waals surface area contributed by atoms with E-state index in [1.54, 1.807) is 0 Å². The molecule has 204 valence electrons. The number of carbonyl (C=O) groups is 3. The summed E-state index contributed by atoms with van der Waals surface area (Å²) in [5.74, 6) is -1.44. The summed E-state index contributed by atoms with van der Waals surface area (Å²) in [5, 5.41) is 15.0. The van der Waals surface area contributed by atoms with Crippen molar-refractivity contribution in [2.45, 2.75) is 103 Å². The molecule has 1 unspecified atom stereocenters. The van der Waals surface area contributed by atoms with Crippen LogP contribution in [0.2, 0.25) is 0 Å². The van der Waals surface area contributed by atoms with Gasteiger partial charge >= 0.3 is 17.9 Å². The second-order valence-electron chi connectivity index (χ2n) is 8.66. The number of carboxylic acid groups (broad SMARTS) is 1. The summed E-state index contributed by atoms with van der Waals surface area (Å²) < 4.78 is 9.77. The molecule has 0 aliphatic rings. The summed E-state index contributed by atoms with van der Waals surface area (Å²) in [6.07, 6.45) is 13.4. The van der Waals surface area contributed by atoms with Crippen LogP contribution in [0.5, 0.6) is 0 Å². The maximum absolute atomic E-state index is 11.9. The first kappa shape index (κ1) is 32.6. The first-order valence-corrected chi connectivity index (χ1v) is 13.1. The van der Waals surface area contributed by atoms with Gasteiger partial charge in [0.2, 0.25) is 0 Å². The summed E-state index contributed by atoms with van der Waals surface area (Å²) in [4.78, 5) is 38.4. The normalized spacial score (nSPS) is 12.2. The Morgan fingerprint density at radius 1 is 0.886 bits per heavy atom. The Hall–Kier alpha value is -2.36. The molecule has 0 aliphatic heterocycles. The molecule has 0 radical (unpaired) electrons. The van der Waals surface area contributed by atoms with Crippen LogP contribution in [0.3, 0.4) is 0 Å². The first-order chi connectivity index (χ1) is 16.9. The van der Waals surface area contributed by atoms with E-state index in [0.717, 1.165) is 12.8 Å². The first-order valence-electron chi connectivity index (χ1n) is 13.1. The van der Waals surface area contributed by atoms with Gasteiger partial charge in [0.1, 0.15) is 6.04 Å². The van der Waals surface area contributed by atoms with E-state index in [1.165, 1.54) is 58.5 Å². The number of unbranched alkanes of at least 4 members (excludes halogenated alkanes) is 9. The molecule has 0 aromatic heterocycles. The Bertz CT molecular complexity index is 601. The van der Waals surface area contributed by atoms with Crippen LogP contribution >= 0.6 is 0 Å². The number of nitrogens with two attached hydrogens (primary N) is 1. The summed E-state index contributed by atoms with van der Waals surface area (Å²) >= 11 is 0. The highest BCUT2D eigenvalue weighted by Gasteiger charge is 2.16. The van der Waals surface area contributed by atoms with Crippen LogP contribution in [0.25, 0.3) is 0 Å². The quantitative estimate of drug-likeness (QED) is 0.0717. The predicted octanol–water partition coefficient (Wildman–Crippen LogP) is 3.13. The zero-order valence-electron chi connectivity index (χ0n) is 21.8. The number of nitrogens with one attached hydrogen (secondary N) is 2. The molecule has 10 heteroatoms. The monoisotopic (exact) mass is 500 g/mol. The van der Waals surface area contributed by atoms with E-state index in [4.69, 9.17) is 10.5 Å². The number of methoxy groups -OCH3 is 1. The largest absolute Gasteiger partial charge is 0.480 e. The third-order valence-electron chi connectivity index (χ3n) is 5.57. The Labute approximate surface area is 210 Å². The van der Waals surface area contributed by atoms with Crippen molar-refractivity contribution in [2.24, 2.45) is 10.7 Å². The number of hydrogen-bond acceptors (Lipinski definition) is 7. The zero-order chi connectivity index (χ0) is 26.2. The summed E-state index contributed by atoms with van der Waals surface area (Å²) in [7, 11) is 1.31. The lowest BCUT2D eigenvalue weighted by molar-refractivity contribution is -0.144. The minimum Gasteiger partial charge on any atom is -0.480 e. The second-order valence-corrected chi connectivity index (χ2v) is 8.66. The summed E-state index contributed by atoms with van der Waals surface area (Å²) in [6, 6.07) is -0.770. The number of nitrogens with zero attached hydrogens (tertiary/aromatic N) is 1. The molecular weight excluding hydrogens is 452 g/mol. The minimum absolute atomic E-state index is 0.136. The van der Waals surface area contributed by atoms with Crippen LogP contribution < -0.4 is 16.4 Å². The Morgan fingerprint density at radius 2 is 1.49 bits per heavy atom. The molecule has 0 bridgehead atoms. The van der Waals surface area contributed by atoms with Gasteiger partial charge in [-0.15, -0.1) is 0 Å². The number of carbonyl (C=O) groups excluding carboxylic acids is 2. The Kier molecular flexibility index (Phi) is 21.8. The molecule has 35 heavy (non-hydrogen) atoms. The lowest BCUT2D eigenvalue weighted by Gasteiger charge is -2.14. The fourth-order valence-corrected chi connectivity index (χ4v) is 3.45. The van der Waals surface area contributed by atoms with Crippen LogP contribution in [-0.4, -0.2) is 68.4 Å². The van der Waals surface area contributed by atoms with Gasteiger partial charge in [-0.25, -0.2) is 0 Å². The van der Waals surface area contributed by atoms with Crippen LogP contribution in [-0.2, 0) is 23.9 Å². The maximum atomic E-state index is 11.9. The number of guanidine groups is 1. The van der Waals surface area contributed by atoms with E-state index in [-0.39, 0.29) is 37.3 Å². The van der Waals surface area contributed by atoms with E-state index >= 15 is 0 Å². The second kappa shape index (κ2) is 23.4. The van der Waals surface area contributed by atoms with E-state index in [2.05, 4.69) is 27.3 Å². The molecule has 0 amide bonds. The number of rotatable bonds is 23. The average molecular weight is 501 g/mol. The average Bonchev–Trinajstić information content (AvgIpc) is 2.83. The van der Waals surface area contributed by atoms with Crippen LogP contribution in [0.1, 0.15) is 96.8 Å².